The summed E-state index contributed by atoms with van der Waals surface area (Å²) in [5.74, 6) is 1.42. The van der Waals surface area contributed by atoms with Crippen molar-refractivity contribution in [1.29, 1.82) is 5.26 Å². The summed E-state index contributed by atoms with van der Waals surface area (Å²) in [6.07, 6.45) is 5.09. The van der Waals surface area contributed by atoms with E-state index in [9.17, 15) is 0 Å². The van der Waals surface area contributed by atoms with Gasteiger partial charge in [0.1, 0.15) is 29.5 Å². The number of anilines is 2. The third-order valence-electron chi connectivity index (χ3n) is 4.69. The van der Waals surface area contributed by atoms with Crippen molar-refractivity contribution >= 4 is 11.6 Å². The number of ether oxygens (including phenoxy) is 2. The van der Waals surface area contributed by atoms with Crippen LogP contribution in [0, 0.1) is 11.3 Å². The van der Waals surface area contributed by atoms with Crippen LogP contribution < -0.4 is 20.5 Å². The van der Waals surface area contributed by atoms with Crippen molar-refractivity contribution in [2.24, 2.45) is 5.73 Å². The van der Waals surface area contributed by atoms with Crippen LogP contribution in [0.4, 0.5) is 11.6 Å². The van der Waals surface area contributed by atoms with E-state index in [0.29, 0.717) is 28.6 Å². The van der Waals surface area contributed by atoms with E-state index in [1.54, 1.807) is 24.3 Å². The Kier molecular flexibility index (Phi) is 4.31. The lowest BCUT2D eigenvalue weighted by molar-refractivity contribution is 0.208. The molecule has 3 aromatic rings. The molecular weight excluding hydrogens is 370 g/mol. The minimum Gasteiger partial charge on any atom is -0.496 e. The first kappa shape index (κ1) is 15.3. The van der Waals surface area contributed by atoms with Crippen molar-refractivity contribution < 1.29 is 13.6 Å². The van der Waals surface area contributed by atoms with Gasteiger partial charge in [0.05, 0.1) is 34.8 Å². The van der Waals surface area contributed by atoms with E-state index in [-0.39, 0.29) is 23.6 Å². The predicted molar refractivity (Wildman–Crippen MR) is 107 cm³/mol. The van der Waals surface area contributed by atoms with Gasteiger partial charge >= 0.3 is 0 Å². The quantitative estimate of drug-likeness (QED) is 0.581. The monoisotopic (exact) mass is 394 g/mol. The van der Waals surface area contributed by atoms with E-state index < -0.39 is 7.04 Å². The SMILES string of the molecule is [2H]C([2H])([2H])Oc1cccc(O[C@@H]2CC[C@H](N)C2)c1-c1cc(Nc2cnc(C#N)cn2)n[nH]1. The van der Waals surface area contributed by atoms with Gasteiger partial charge in [-0.15, -0.1) is 0 Å². The Hall–Kier alpha value is -3.64. The molecule has 1 aliphatic carbocycles. The largest absolute Gasteiger partial charge is 0.496 e. The molecule has 2 aromatic heterocycles. The van der Waals surface area contributed by atoms with Crippen molar-refractivity contribution in [3.05, 3.63) is 42.4 Å². The molecule has 0 spiro atoms. The summed E-state index contributed by atoms with van der Waals surface area (Å²) >= 11 is 0. The van der Waals surface area contributed by atoms with Crippen LogP contribution in [0.15, 0.2) is 36.7 Å². The third kappa shape index (κ3) is 4.12. The number of hydrogen-bond donors (Lipinski definition) is 3. The summed E-state index contributed by atoms with van der Waals surface area (Å²) in [5, 5.41) is 18.9. The lowest BCUT2D eigenvalue weighted by Crippen LogP contribution is -2.19. The molecule has 0 aliphatic heterocycles. The van der Waals surface area contributed by atoms with Gasteiger partial charge in [-0.05, 0) is 31.4 Å². The van der Waals surface area contributed by atoms with Crippen molar-refractivity contribution in [2.45, 2.75) is 31.4 Å². The maximum Gasteiger partial charge on any atom is 0.158 e. The normalized spacial score (nSPS) is 20.2. The van der Waals surface area contributed by atoms with Crippen LogP contribution in [0.25, 0.3) is 11.3 Å². The number of nitrogens with zero attached hydrogens (tertiary/aromatic N) is 4. The van der Waals surface area contributed by atoms with Crippen LogP contribution in [-0.2, 0) is 0 Å². The molecule has 29 heavy (non-hydrogen) atoms. The van der Waals surface area contributed by atoms with Gasteiger partial charge in [-0.1, -0.05) is 6.07 Å². The first-order chi connectivity index (χ1) is 15.3. The Labute approximate surface area is 172 Å². The van der Waals surface area contributed by atoms with Gasteiger partial charge in [0, 0.05) is 12.1 Å². The first-order valence-corrected chi connectivity index (χ1v) is 9.10. The van der Waals surface area contributed by atoms with Gasteiger partial charge in [-0.2, -0.15) is 10.4 Å². The summed E-state index contributed by atoms with van der Waals surface area (Å²) in [5.41, 5.74) is 7.13. The highest BCUT2D eigenvalue weighted by Gasteiger charge is 2.25. The maximum atomic E-state index is 8.84. The summed E-state index contributed by atoms with van der Waals surface area (Å²) in [7, 11) is -2.64. The molecule has 0 bridgehead atoms. The molecule has 1 fully saturated rings. The van der Waals surface area contributed by atoms with E-state index >= 15 is 0 Å². The molecule has 9 nitrogen and oxygen atoms in total. The second-order valence-corrected chi connectivity index (χ2v) is 6.73. The molecule has 0 saturated heterocycles. The molecule has 0 amide bonds. The Balaban J connectivity index is 1.65. The van der Waals surface area contributed by atoms with E-state index in [0.717, 1.165) is 19.3 Å². The van der Waals surface area contributed by atoms with Crippen molar-refractivity contribution in [3.8, 4) is 28.8 Å². The third-order valence-corrected chi connectivity index (χ3v) is 4.69. The Morgan fingerprint density at radius 3 is 2.90 bits per heavy atom. The summed E-state index contributed by atoms with van der Waals surface area (Å²) < 4.78 is 34.0. The number of hydrogen-bond acceptors (Lipinski definition) is 8. The molecule has 9 heteroatoms. The first-order valence-electron chi connectivity index (χ1n) is 10.6. The second-order valence-electron chi connectivity index (χ2n) is 6.73. The zero-order valence-corrected chi connectivity index (χ0v) is 15.4. The molecule has 2 atom stereocenters. The fourth-order valence-corrected chi connectivity index (χ4v) is 3.32. The zero-order chi connectivity index (χ0) is 22.7. The van der Waals surface area contributed by atoms with Gasteiger partial charge in [0.2, 0.25) is 0 Å². The minimum absolute atomic E-state index is 0.0683. The van der Waals surface area contributed by atoms with Crippen LogP contribution >= 0.6 is 0 Å². The highest BCUT2D eigenvalue weighted by atomic mass is 16.5. The van der Waals surface area contributed by atoms with Crippen molar-refractivity contribution in [1.82, 2.24) is 20.2 Å². The number of rotatable bonds is 6. The molecule has 1 aromatic carbocycles. The summed E-state index contributed by atoms with van der Waals surface area (Å²) in [4.78, 5) is 8.05. The molecule has 1 aliphatic rings. The fourth-order valence-electron chi connectivity index (χ4n) is 3.32. The summed E-state index contributed by atoms with van der Waals surface area (Å²) in [6.45, 7) is 0. The smallest absolute Gasteiger partial charge is 0.158 e. The zero-order valence-electron chi connectivity index (χ0n) is 18.4. The molecule has 1 saturated carbocycles. The van der Waals surface area contributed by atoms with E-state index in [4.69, 9.17) is 24.6 Å². The standard InChI is InChI=1S/C20H21N7O2/c1-28-16-3-2-4-17(29-14-6-5-12(22)7-14)20(16)15-8-18(27-26-15)25-19-11-23-13(9-21)10-24-19/h2-4,8,10-12,14H,5-7,22H2,1H3,(H2,24,25,26,27)/t12-,14+/m0/s1/i1D3. The molecule has 0 radical (unpaired) electrons. The van der Waals surface area contributed by atoms with Crippen LogP contribution in [0.1, 0.15) is 29.1 Å². The Morgan fingerprint density at radius 1 is 1.28 bits per heavy atom. The molecule has 4 N–H and O–H groups in total. The molecule has 4 rings (SSSR count). The van der Waals surface area contributed by atoms with Gasteiger partial charge in [-0.3, -0.25) is 5.10 Å². The van der Waals surface area contributed by atoms with E-state index in [2.05, 4.69) is 25.5 Å². The lowest BCUT2D eigenvalue weighted by atomic mass is 10.1. The topological polar surface area (TPSA) is 135 Å². The van der Waals surface area contributed by atoms with Crippen LogP contribution in [-0.4, -0.2) is 39.3 Å². The number of aromatic nitrogens is 4. The molecule has 2 heterocycles. The second kappa shape index (κ2) is 8.16. The van der Waals surface area contributed by atoms with E-state index in [1.165, 1.54) is 12.4 Å². The number of nitrogens with one attached hydrogen (secondary N) is 2. The molecular formula is C20H21N7O2. The highest BCUT2D eigenvalue weighted by molar-refractivity contribution is 5.76. The maximum absolute atomic E-state index is 8.84. The van der Waals surface area contributed by atoms with Gasteiger partial charge in [0.25, 0.3) is 0 Å². The number of methoxy groups -OCH3 is 1. The van der Waals surface area contributed by atoms with Crippen LogP contribution in [0.2, 0.25) is 0 Å². The number of benzene rings is 1. The van der Waals surface area contributed by atoms with Crippen molar-refractivity contribution in [3.63, 3.8) is 0 Å². The van der Waals surface area contributed by atoms with E-state index in [1.807, 2.05) is 6.07 Å². The fraction of sp³-hybridized carbons (Fsp3) is 0.300. The average Bonchev–Trinajstić information content (AvgIpc) is 3.36. The average molecular weight is 394 g/mol. The van der Waals surface area contributed by atoms with Gasteiger partial charge < -0.3 is 20.5 Å². The number of aromatic amines is 1. The molecule has 0 unspecified atom stereocenters. The molecule has 148 valence electrons. The van der Waals surface area contributed by atoms with Crippen LogP contribution in [0.3, 0.4) is 0 Å². The van der Waals surface area contributed by atoms with Crippen molar-refractivity contribution in [2.75, 3.05) is 12.4 Å². The minimum atomic E-state index is -2.64. The number of nitriles is 1. The Morgan fingerprint density at radius 2 is 2.17 bits per heavy atom. The predicted octanol–water partition coefficient (Wildman–Crippen LogP) is 2.75. The van der Waals surface area contributed by atoms with Crippen LogP contribution in [0.5, 0.6) is 11.5 Å². The van der Waals surface area contributed by atoms with Gasteiger partial charge in [-0.25, -0.2) is 9.97 Å². The summed E-state index contributed by atoms with van der Waals surface area (Å²) in [6, 6.07) is 8.66. The number of nitrogens with two attached hydrogens (primary N) is 1. The van der Waals surface area contributed by atoms with Gasteiger partial charge in [0.15, 0.2) is 11.5 Å². The lowest BCUT2D eigenvalue weighted by Gasteiger charge is -2.18. The Bertz CT molecular complexity index is 1130. The highest BCUT2D eigenvalue weighted by Crippen LogP contribution is 2.39. The number of H-pyrrole nitrogens is 1.